The van der Waals surface area contributed by atoms with E-state index in [4.69, 9.17) is 14.3 Å². The van der Waals surface area contributed by atoms with Crippen molar-refractivity contribution in [2.24, 2.45) is 0 Å². The Bertz CT molecular complexity index is 1440. The number of halogens is 1. The minimum absolute atomic E-state index is 0.0391. The number of anilines is 1. The molecule has 34 heavy (non-hydrogen) atoms. The lowest BCUT2D eigenvalue weighted by Gasteiger charge is -2.29. The lowest BCUT2D eigenvalue weighted by atomic mass is 10.0. The number of hydrogen-bond donors (Lipinski definition) is 2. The molecule has 2 aromatic rings. The first kappa shape index (κ1) is 15.6. The van der Waals surface area contributed by atoms with Gasteiger partial charge in [0.15, 0.2) is 0 Å². The van der Waals surface area contributed by atoms with Crippen molar-refractivity contribution in [2.45, 2.75) is 38.4 Å². The van der Waals surface area contributed by atoms with Crippen molar-refractivity contribution >= 4 is 23.4 Å². The van der Waals surface area contributed by atoms with Crippen LogP contribution in [0.4, 0.5) is 10.1 Å². The summed E-state index contributed by atoms with van der Waals surface area (Å²) in [5, 5.41) is 4.69. The minimum Gasteiger partial charge on any atom is -0.381 e. The van der Waals surface area contributed by atoms with E-state index in [1.165, 1.54) is 24.3 Å². The maximum atomic E-state index is 15.1. The molecule has 0 saturated carbocycles. The van der Waals surface area contributed by atoms with Crippen molar-refractivity contribution in [3.63, 3.8) is 0 Å². The molecular formula is C25H27FN4O4. The highest BCUT2D eigenvalue weighted by Gasteiger charge is 2.39. The van der Waals surface area contributed by atoms with Gasteiger partial charge in [0.1, 0.15) is 11.8 Å². The highest BCUT2D eigenvalue weighted by Crippen LogP contribution is 2.32. The van der Waals surface area contributed by atoms with Crippen LogP contribution in [0.1, 0.15) is 49.4 Å². The first-order valence-corrected chi connectivity index (χ1v) is 10.8. The molecule has 8 nitrogen and oxygen atoms in total. The standard InChI is InChI=1S/C25H27FN4O4/c26-20-12-16(14-29-8-10-34-11-9-29)4-5-17(20)13-27-21-3-1-2-18-19(21)15-30(25(18)33)22-6-7-23(31)28-24(22)32/h1-5,12,22,27H,6-11,13-15H2,(H,28,31,32)/t22-/m0/s1/i6D2,7D2,14D2,22D. The lowest BCUT2D eigenvalue weighted by Crippen LogP contribution is -2.52. The molecule has 3 aliphatic rings. The molecule has 1 atom stereocenters. The predicted octanol–water partition coefficient (Wildman–Crippen LogP) is 2.03. The third kappa shape index (κ3) is 4.53. The number of benzene rings is 2. The molecule has 0 spiro atoms. The number of amides is 3. The maximum absolute atomic E-state index is 15.1. The predicted molar refractivity (Wildman–Crippen MR) is 122 cm³/mol. The molecule has 3 aliphatic heterocycles. The first-order chi connectivity index (χ1) is 19.1. The number of ether oxygens (including phenoxy) is 1. The number of fused-ring (bicyclic) bond motifs is 1. The molecule has 2 saturated heterocycles. The molecule has 2 aromatic carbocycles. The van der Waals surface area contributed by atoms with Gasteiger partial charge in [-0.1, -0.05) is 18.2 Å². The summed E-state index contributed by atoms with van der Waals surface area (Å²) >= 11 is 0. The Hall–Kier alpha value is -3.30. The number of carbonyl (C=O) groups is 3. The van der Waals surface area contributed by atoms with Crippen LogP contribution in [0.25, 0.3) is 0 Å². The van der Waals surface area contributed by atoms with Crippen molar-refractivity contribution in [2.75, 3.05) is 31.6 Å². The Morgan fingerprint density at radius 3 is 2.85 bits per heavy atom. The van der Waals surface area contributed by atoms with Crippen molar-refractivity contribution in [3.05, 3.63) is 64.5 Å². The van der Waals surface area contributed by atoms with Gasteiger partial charge in [-0.05, 0) is 30.1 Å². The average molecular weight is 474 g/mol. The van der Waals surface area contributed by atoms with E-state index in [1.54, 1.807) is 16.3 Å². The van der Waals surface area contributed by atoms with E-state index in [-0.39, 0.29) is 28.8 Å². The van der Waals surface area contributed by atoms with Crippen LogP contribution in [0.3, 0.4) is 0 Å². The Labute approximate surface area is 206 Å². The van der Waals surface area contributed by atoms with Crippen LogP contribution in [-0.2, 0) is 33.9 Å². The van der Waals surface area contributed by atoms with E-state index < -0.39 is 55.3 Å². The van der Waals surface area contributed by atoms with E-state index >= 15 is 4.39 Å². The fourth-order valence-electron chi connectivity index (χ4n) is 4.04. The third-order valence-corrected chi connectivity index (χ3v) is 5.79. The van der Waals surface area contributed by atoms with Crippen molar-refractivity contribution in [1.29, 1.82) is 0 Å². The Morgan fingerprint density at radius 1 is 1.24 bits per heavy atom. The maximum Gasteiger partial charge on any atom is 0.255 e. The second-order valence-electron chi connectivity index (χ2n) is 7.98. The minimum atomic E-state index is -3.39. The number of rotatable bonds is 6. The smallest absolute Gasteiger partial charge is 0.255 e. The van der Waals surface area contributed by atoms with Gasteiger partial charge < -0.3 is 15.0 Å². The highest BCUT2D eigenvalue weighted by molar-refractivity contribution is 6.06. The number of nitrogens with zero attached hydrogens (tertiary/aromatic N) is 2. The van der Waals surface area contributed by atoms with E-state index in [2.05, 4.69) is 5.32 Å². The average Bonchev–Trinajstić information content (AvgIpc) is 3.28. The number of imide groups is 1. The van der Waals surface area contributed by atoms with Gasteiger partial charge in [0.2, 0.25) is 11.8 Å². The van der Waals surface area contributed by atoms with E-state index in [9.17, 15) is 14.4 Å². The number of morpholine rings is 1. The molecule has 9 heteroatoms. The number of carbonyl (C=O) groups excluding carboxylic acids is 3. The normalized spacial score (nSPS) is 29.5. The summed E-state index contributed by atoms with van der Waals surface area (Å²) in [6, 6.07) is 5.48. The highest BCUT2D eigenvalue weighted by atomic mass is 19.1. The summed E-state index contributed by atoms with van der Waals surface area (Å²) < 4.78 is 78.2. The van der Waals surface area contributed by atoms with Crippen LogP contribution in [0, 0.1) is 5.82 Å². The van der Waals surface area contributed by atoms with Crippen molar-refractivity contribution in [3.8, 4) is 0 Å². The van der Waals surface area contributed by atoms with Crippen molar-refractivity contribution in [1.82, 2.24) is 15.1 Å². The van der Waals surface area contributed by atoms with Gasteiger partial charge in [0, 0.05) is 69.7 Å². The molecule has 0 bridgehead atoms. The molecule has 5 rings (SSSR count). The second kappa shape index (κ2) is 9.52. The van der Waals surface area contributed by atoms with Gasteiger partial charge in [0.05, 0.1) is 14.6 Å². The fraction of sp³-hybridized carbons (Fsp3) is 0.400. The fourth-order valence-corrected chi connectivity index (χ4v) is 4.04. The van der Waals surface area contributed by atoms with Gasteiger partial charge in [0.25, 0.3) is 5.91 Å². The van der Waals surface area contributed by atoms with Crippen LogP contribution in [0.15, 0.2) is 36.4 Å². The largest absolute Gasteiger partial charge is 0.381 e. The summed E-state index contributed by atoms with van der Waals surface area (Å²) in [4.78, 5) is 40.2. The zero-order valence-corrected chi connectivity index (χ0v) is 18.1. The monoisotopic (exact) mass is 473 g/mol. The van der Waals surface area contributed by atoms with Gasteiger partial charge in [-0.15, -0.1) is 0 Å². The summed E-state index contributed by atoms with van der Waals surface area (Å²) in [5.74, 6) is -4.55. The molecule has 3 heterocycles. The Morgan fingerprint density at radius 2 is 2.06 bits per heavy atom. The van der Waals surface area contributed by atoms with Crippen LogP contribution in [0.2, 0.25) is 0 Å². The van der Waals surface area contributed by atoms with E-state index in [1.807, 2.05) is 0 Å². The zero-order valence-electron chi connectivity index (χ0n) is 25.1. The number of piperidine rings is 1. The summed E-state index contributed by atoms with van der Waals surface area (Å²) in [6.45, 7) is -0.905. The number of nitrogens with one attached hydrogen (secondary N) is 2. The van der Waals surface area contributed by atoms with Gasteiger partial charge in [-0.3, -0.25) is 24.6 Å². The van der Waals surface area contributed by atoms with Gasteiger partial charge in [-0.2, -0.15) is 0 Å². The Kier molecular flexibility index (Phi) is 4.36. The quantitative estimate of drug-likeness (QED) is 0.624. The summed E-state index contributed by atoms with van der Waals surface area (Å²) in [5.41, 5.74) is 1.02. The van der Waals surface area contributed by atoms with E-state index in [0.29, 0.717) is 36.9 Å². The second-order valence-corrected chi connectivity index (χ2v) is 7.98. The Balaban J connectivity index is 1.37. The zero-order chi connectivity index (χ0) is 30.0. The van der Waals surface area contributed by atoms with Crippen LogP contribution < -0.4 is 10.6 Å². The van der Waals surface area contributed by atoms with Gasteiger partial charge >= 0.3 is 0 Å². The summed E-state index contributed by atoms with van der Waals surface area (Å²) in [7, 11) is 0. The molecule has 0 unspecified atom stereocenters. The van der Waals surface area contributed by atoms with E-state index in [0.717, 1.165) is 6.07 Å². The van der Waals surface area contributed by atoms with Crippen molar-refractivity contribution < 1.29 is 33.1 Å². The van der Waals surface area contributed by atoms with Crippen LogP contribution in [-0.4, -0.2) is 59.8 Å². The third-order valence-electron chi connectivity index (χ3n) is 5.79. The molecule has 2 fully saturated rings. The van der Waals surface area contributed by atoms with Crippen LogP contribution >= 0.6 is 0 Å². The molecule has 0 aromatic heterocycles. The topological polar surface area (TPSA) is 91.0 Å². The molecule has 0 aliphatic carbocycles. The first-order valence-electron chi connectivity index (χ1n) is 14.3. The molecule has 2 N–H and O–H groups in total. The van der Waals surface area contributed by atoms with Gasteiger partial charge in [-0.25, -0.2) is 4.39 Å². The molecular weight excluding hydrogens is 439 g/mol. The van der Waals surface area contributed by atoms with Crippen LogP contribution in [0.5, 0.6) is 0 Å². The summed E-state index contributed by atoms with van der Waals surface area (Å²) in [6.07, 6.45) is -6.67. The molecule has 3 amide bonds. The SMILES string of the molecule is [2H]C([2H])(c1ccc(CNc2cccc3c2CN([C@]2([2H])C(=O)NC(=O)C([2H])([2H])C2([2H])[2H])C3=O)c(F)c1)N1CCOCC1. The number of hydrogen-bond acceptors (Lipinski definition) is 6. The molecule has 178 valence electrons. The molecule has 0 radical (unpaired) electrons. The lowest BCUT2D eigenvalue weighted by molar-refractivity contribution is -0.136.